The van der Waals surface area contributed by atoms with E-state index in [1.165, 1.54) is 0 Å². The number of hydrogen-bond donors (Lipinski definition) is 1. The van der Waals surface area contributed by atoms with Crippen molar-refractivity contribution in [1.82, 2.24) is 5.32 Å². The number of carbonyl (C=O) groups excluding carboxylic acids is 1. The molecule has 1 amide bonds. The molecule has 0 spiro atoms. The smallest absolute Gasteiger partial charge is 0.339 e. The van der Waals surface area contributed by atoms with Gasteiger partial charge in [0.25, 0.3) is 5.91 Å². The predicted octanol–water partition coefficient (Wildman–Crippen LogP) is 0.928. The molecule has 4 nitrogen and oxygen atoms in total. The van der Waals surface area contributed by atoms with E-state index in [2.05, 4.69) is 11.9 Å². The molecule has 82 valence electrons. The van der Waals surface area contributed by atoms with E-state index >= 15 is 0 Å². The molecule has 1 N–H and O–H groups in total. The van der Waals surface area contributed by atoms with Gasteiger partial charge in [-0.1, -0.05) is 6.58 Å². The van der Waals surface area contributed by atoms with Crippen LogP contribution in [0, 0.1) is 0 Å². The minimum atomic E-state index is -0.284. The highest BCUT2D eigenvalue weighted by molar-refractivity contribution is 5.99. The quantitative estimate of drug-likeness (QED) is 0.703. The van der Waals surface area contributed by atoms with Gasteiger partial charge in [0, 0.05) is 17.7 Å². The Morgan fingerprint density at radius 1 is 1.19 bits per heavy atom. The lowest BCUT2D eigenvalue weighted by molar-refractivity contribution is 0.0952. The molecule has 1 aromatic heterocycles. The van der Waals surface area contributed by atoms with Crippen molar-refractivity contribution < 1.29 is 9.21 Å². The summed E-state index contributed by atoms with van der Waals surface area (Å²) in [4.78, 5) is 23.5. The Hall–Kier alpha value is -1.84. The first-order chi connectivity index (χ1) is 7.66. The SMILES string of the molecule is C=C1Cc2oc(=O)c3c(c2C(=O)N1)CCC3. The molecule has 0 unspecified atom stereocenters. The van der Waals surface area contributed by atoms with Gasteiger partial charge in [0.1, 0.15) is 5.76 Å². The van der Waals surface area contributed by atoms with Gasteiger partial charge in [-0.05, 0) is 24.8 Å². The van der Waals surface area contributed by atoms with Gasteiger partial charge in [0.15, 0.2) is 0 Å². The highest BCUT2D eigenvalue weighted by Crippen LogP contribution is 2.28. The van der Waals surface area contributed by atoms with E-state index in [0.29, 0.717) is 29.0 Å². The minimum absolute atomic E-state index is 0.187. The van der Waals surface area contributed by atoms with E-state index in [-0.39, 0.29) is 11.5 Å². The second kappa shape index (κ2) is 3.07. The fraction of sp³-hybridized carbons (Fsp3) is 0.333. The van der Waals surface area contributed by atoms with Crippen LogP contribution in [0.3, 0.4) is 0 Å². The van der Waals surface area contributed by atoms with Crippen molar-refractivity contribution in [1.29, 1.82) is 0 Å². The van der Waals surface area contributed by atoms with Crippen molar-refractivity contribution in [3.8, 4) is 0 Å². The number of allylic oxidation sites excluding steroid dienone is 1. The maximum absolute atomic E-state index is 11.8. The van der Waals surface area contributed by atoms with E-state index < -0.39 is 0 Å². The average molecular weight is 217 g/mol. The van der Waals surface area contributed by atoms with Gasteiger partial charge < -0.3 is 9.73 Å². The first-order valence-corrected chi connectivity index (χ1v) is 5.33. The lowest BCUT2D eigenvalue weighted by Crippen LogP contribution is -2.32. The number of fused-ring (bicyclic) bond motifs is 3. The molecule has 2 heterocycles. The van der Waals surface area contributed by atoms with Crippen LogP contribution in [0.2, 0.25) is 0 Å². The van der Waals surface area contributed by atoms with Crippen LogP contribution in [0.15, 0.2) is 21.5 Å². The van der Waals surface area contributed by atoms with Crippen LogP contribution in [-0.4, -0.2) is 5.91 Å². The summed E-state index contributed by atoms with van der Waals surface area (Å²) < 4.78 is 5.21. The largest absolute Gasteiger partial charge is 0.426 e. The van der Waals surface area contributed by atoms with Crippen molar-refractivity contribution in [3.05, 3.63) is 45.1 Å². The minimum Gasteiger partial charge on any atom is -0.426 e. The first kappa shape index (κ1) is 9.39. The van der Waals surface area contributed by atoms with Gasteiger partial charge in [0.05, 0.1) is 5.56 Å². The molecule has 1 aromatic rings. The van der Waals surface area contributed by atoms with E-state index in [1.807, 2.05) is 0 Å². The van der Waals surface area contributed by atoms with Crippen molar-refractivity contribution in [2.24, 2.45) is 0 Å². The molecule has 3 rings (SSSR count). The molecule has 2 aliphatic rings. The number of amides is 1. The van der Waals surface area contributed by atoms with Gasteiger partial charge in [-0.3, -0.25) is 4.79 Å². The molecule has 1 aliphatic carbocycles. The van der Waals surface area contributed by atoms with Crippen molar-refractivity contribution in [2.75, 3.05) is 0 Å². The summed E-state index contributed by atoms with van der Waals surface area (Å²) >= 11 is 0. The van der Waals surface area contributed by atoms with Crippen LogP contribution in [0.25, 0.3) is 0 Å². The third-order valence-corrected chi connectivity index (χ3v) is 3.15. The maximum Gasteiger partial charge on any atom is 0.339 e. The molecular formula is C12H11NO3. The second-order valence-electron chi connectivity index (χ2n) is 4.23. The van der Waals surface area contributed by atoms with E-state index in [0.717, 1.165) is 24.8 Å². The molecule has 0 bridgehead atoms. The summed E-state index contributed by atoms with van der Waals surface area (Å²) in [6.45, 7) is 3.69. The maximum atomic E-state index is 11.8. The molecule has 16 heavy (non-hydrogen) atoms. The third-order valence-electron chi connectivity index (χ3n) is 3.15. The Morgan fingerprint density at radius 2 is 1.94 bits per heavy atom. The Morgan fingerprint density at radius 3 is 2.75 bits per heavy atom. The third kappa shape index (κ3) is 1.16. The molecular weight excluding hydrogens is 206 g/mol. The Bertz CT molecular complexity index is 568. The Balaban J connectivity index is 2.32. The zero-order valence-corrected chi connectivity index (χ0v) is 8.76. The fourth-order valence-corrected chi connectivity index (χ4v) is 2.49. The van der Waals surface area contributed by atoms with E-state index in [9.17, 15) is 9.59 Å². The van der Waals surface area contributed by atoms with E-state index in [1.54, 1.807) is 0 Å². The normalized spacial score (nSPS) is 18.0. The molecule has 0 saturated heterocycles. The molecule has 0 atom stereocenters. The molecule has 1 aliphatic heterocycles. The summed E-state index contributed by atoms with van der Waals surface area (Å²) in [5.41, 5.74) is 2.43. The summed E-state index contributed by atoms with van der Waals surface area (Å²) in [6.07, 6.45) is 2.86. The highest BCUT2D eigenvalue weighted by atomic mass is 16.4. The lowest BCUT2D eigenvalue weighted by atomic mass is 9.98. The second-order valence-corrected chi connectivity index (χ2v) is 4.23. The van der Waals surface area contributed by atoms with Crippen LogP contribution in [-0.2, 0) is 19.3 Å². The van der Waals surface area contributed by atoms with Crippen molar-refractivity contribution >= 4 is 5.91 Å². The zero-order valence-electron chi connectivity index (χ0n) is 8.76. The zero-order chi connectivity index (χ0) is 11.3. The molecule has 0 saturated carbocycles. The standard InChI is InChI=1S/C12H11NO3/c1-6-5-9-10(11(14)13-6)7-3-2-4-8(7)12(15)16-9/h1-5H2,(H,13,14). The fourth-order valence-electron chi connectivity index (χ4n) is 2.49. The topological polar surface area (TPSA) is 59.3 Å². The van der Waals surface area contributed by atoms with Crippen LogP contribution in [0.1, 0.15) is 33.7 Å². The summed E-state index contributed by atoms with van der Waals surface area (Å²) in [5, 5.41) is 2.69. The highest BCUT2D eigenvalue weighted by Gasteiger charge is 2.30. The number of rotatable bonds is 0. The van der Waals surface area contributed by atoms with E-state index in [4.69, 9.17) is 4.42 Å². The number of nitrogens with one attached hydrogen (secondary N) is 1. The molecule has 4 heteroatoms. The Labute approximate surface area is 92.0 Å². The summed E-state index contributed by atoms with van der Waals surface area (Å²) in [5.74, 6) is 0.285. The van der Waals surface area contributed by atoms with Crippen LogP contribution in [0.4, 0.5) is 0 Å². The number of carbonyl (C=O) groups is 1. The Kier molecular flexibility index (Phi) is 1.80. The van der Waals surface area contributed by atoms with Crippen LogP contribution >= 0.6 is 0 Å². The van der Waals surface area contributed by atoms with Gasteiger partial charge in [-0.15, -0.1) is 0 Å². The monoisotopic (exact) mass is 217 g/mol. The summed E-state index contributed by atoms with van der Waals surface area (Å²) in [6, 6.07) is 0. The van der Waals surface area contributed by atoms with Gasteiger partial charge >= 0.3 is 5.63 Å². The average Bonchev–Trinajstić information content (AvgIpc) is 2.65. The summed E-state index contributed by atoms with van der Waals surface area (Å²) in [7, 11) is 0. The molecule has 0 aromatic carbocycles. The van der Waals surface area contributed by atoms with Gasteiger partial charge in [-0.25, -0.2) is 4.79 Å². The van der Waals surface area contributed by atoms with Crippen LogP contribution < -0.4 is 10.9 Å². The van der Waals surface area contributed by atoms with Gasteiger partial charge in [-0.2, -0.15) is 0 Å². The number of hydrogen-bond acceptors (Lipinski definition) is 3. The molecule has 0 fully saturated rings. The van der Waals surface area contributed by atoms with Gasteiger partial charge in [0.2, 0.25) is 0 Å². The van der Waals surface area contributed by atoms with Crippen molar-refractivity contribution in [2.45, 2.75) is 25.7 Å². The molecule has 0 radical (unpaired) electrons. The lowest BCUT2D eigenvalue weighted by Gasteiger charge is -2.19. The predicted molar refractivity (Wildman–Crippen MR) is 57.3 cm³/mol. The first-order valence-electron chi connectivity index (χ1n) is 5.33. The van der Waals surface area contributed by atoms with Crippen LogP contribution in [0.5, 0.6) is 0 Å². The van der Waals surface area contributed by atoms with Crippen molar-refractivity contribution in [3.63, 3.8) is 0 Å².